The van der Waals surface area contributed by atoms with Crippen LogP contribution in [0, 0.1) is 5.92 Å². The van der Waals surface area contributed by atoms with Crippen molar-refractivity contribution in [2.75, 3.05) is 7.05 Å². The molecule has 1 heteroatoms. The van der Waals surface area contributed by atoms with Crippen LogP contribution in [0.3, 0.4) is 0 Å². The second kappa shape index (κ2) is 3.37. The molecule has 2 aliphatic rings. The van der Waals surface area contributed by atoms with E-state index in [9.17, 15) is 0 Å². The Hall–Kier alpha value is -0.0400. The molecule has 2 fully saturated rings. The average molecular weight is 167 g/mol. The van der Waals surface area contributed by atoms with Gasteiger partial charge < -0.3 is 4.90 Å². The van der Waals surface area contributed by atoms with Crippen LogP contribution < -0.4 is 0 Å². The molecule has 0 aromatic carbocycles. The van der Waals surface area contributed by atoms with Crippen molar-refractivity contribution in [2.24, 2.45) is 5.92 Å². The first-order valence-corrected chi connectivity index (χ1v) is 5.49. The van der Waals surface area contributed by atoms with Crippen molar-refractivity contribution >= 4 is 0 Å². The third-order valence-electron chi connectivity index (χ3n) is 3.89. The van der Waals surface area contributed by atoms with Gasteiger partial charge in [0.25, 0.3) is 0 Å². The summed E-state index contributed by atoms with van der Waals surface area (Å²) in [6.45, 7) is 2.43. The maximum absolute atomic E-state index is 2.66. The quantitative estimate of drug-likeness (QED) is 0.536. The van der Waals surface area contributed by atoms with Crippen LogP contribution in [-0.4, -0.2) is 24.0 Å². The molecule has 0 aromatic heterocycles. The molecule has 0 amide bonds. The molecule has 3 unspecified atom stereocenters. The van der Waals surface area contributed by atoms with Crippen molar-refractivity contribution in [1.82, 2.24) is 4.90 Å². The number of nitrogens with zero attached hydrogens (tertiary/aromatic N) is 1. The molecule has 12 heavy (non-hydrogen) atoms. The highest BCUT2D eigenvalue weighted by molar-refractivity contribution is 4.86. The van der Waals surface area contributed by atoms with Gasteiger partial charge in [0.2, 0.25) is 0 Å². The number of rotatable bonds is 0. The Morgan fingerprint density at radius 1 is 1.00 bits per heavy atom. The molecule has 0 N–H and O–H groups in total. The van der Waals surface area contributed by atoms with Crippen molar-refractivity contribution in [1.29, 1.82) is 0 Å². The highest BCUT2D eigenvalue weighted by atomic mass is 15.2. The lowest BCUT2D eigenvalue weighted by atomic mass is 9.94. The zero-order valence-corrected chi connectivity index (χ0v) is 8.42. The topological polar surface area (TPSA) is 3.24 Å². The van der Waals surface area contributed by atoms with Crippen molar-refractivity contribution in [2.45, 2.75) is 57.5 Å². The minimum absolute atomic E-state index is 0.918. The van der Waals surface area contributed by atoms with Gasteiger partial charge in [-0.3, -0.25) is 0 Å². The van der Waals surface area contributed by atoms with E-state index in [0.717, 1.165) is 18.0 Å². The fraction of sp³-hybridized carbons (Fsp3) is 1.00. The Bertz CT molecular complexity index is 155. The van der Waals surface area contributed by atoms with E-state index in [1.807, 2.05) is 0 Å². The molecule has 0 aliphatic carbocycles. The molecule has 0 saturated carbocycles. The summed E-state index contributed by atoms with van der Waals surface area (Å²) in [7, 11) is 2.34. The lowest BCUT2D eigenvalue weighted by Gasteiger charge is -2.37. The van der Waals surface area contributed by atoms with Gasteiger partial charge >= 0.3 is 0 Å². The third kappa shape index (κ3) is 1.52. The molecule has 2 aliphatic heterocycles. The zero-order chi connectivity index (χ0) is 8.55. The van der Waals surface area contributed by atoms with Crippen molar-refractivity contribution in [3.05, 3.63) is 0 Å². The standard InChI is InChI=1S/C11H21N/c1-9-6-7-10-4-3-5-11(8-9)12(10)2/h9-11H,3-8H2,1-2H3. The zero-order valence-electron chi connectivity index (χ0n) is 8.42. The Balaban J connectivity index is 2.08. The summed E-state index contributed by atoms with van der Waals surface area (Å²) in [5.41, 5.74) is 0. The van der Waals surface area contributed by atoms with E-state index in [1.165, 1.54) is 38.5 Å². The van der Waals surface area contributed by atoms with Gasteiger partial charge in [-0.25, -0.2) is 0 Å². The maximum atomic E-state index is 2.66. The lowest BCUT2D eigenvalue weighted by molar-refractivity contribution is 0.116. The third-order valence-corrected chi connectivity index (χ3v) is 3.89. The van der Waals surface area contributed by atoms with Gasteiger partial charge in [-0.1, -0.05) is 13.3 Å². The number of piperidine rings is 1. The Labute approximate surface area is 76.1 Å². The molecule has 0 spiro atoms. The number of hydrogen-bond donors (Lipinski definition) is 0. The molecule has 2 saturated heterocycles. The van der Waals surface area contributed by atoms with Crippen LogP contribution in [0.2, 0.25) is 0 Å². The Kier molecular flexibility index (Phi) is 2.40. The van der Waals surface area contributed by atoms with Crippen LogP contribution in [0.4, 0.5) is 0 Å². The van der Waals surface area contributed by atoms with E-state index in [2.05, 4.69) is 18.9 Å². The first-order chi connectivity index (χ1) is 5.77. The second-order valence-electron chi connectivity index (χ2n) is 4.82. The maximum Gasteiger partial charge on any atom is 0.00976 e. The van der Waals surface area contributed by atoms with Crippen LogP contribution in [0.15, 0.2) is 0 Å². The molecule has 1 nitrogen and oxygen atoms in total. The summed E-state index contributed by atoms with van der Waals surface area (Å²) in [6, 6.07) is 1.84. The largest absolute Gasteiger partial charge is 0.300 e. The van der Waals surface area contributed by atoms with E-state index >= 15 is 0 Å². The van der Waals surface area contributed by atoms with Gasteiger partial charge in [-0.2, -0.15) is 0 Å². The molecule has 2 bridgehead atoms. The fourth-order valence-electron chi connectivity index (χ4n) is 2.99. The average Bonchev–Trinajstić information content (AvgIpc) is 2.17. The highest BCUT2D eigenvalue weighted by Gasteiger charge is 2.31. The van der Waals surface area contributed by atoms with Crippen LogP contribution in [-0.2, 0) is 0 Å². The Morgan fingerprint density at radius 3 is 2.58 bits per heavy atom. The minimum Gasteiger partial charge on any atom is -0.300 e. The first-order valence-electron chi connectivity index (χ1n) is 5.49. The van der Waals surface area contributed by atoms with E-state index in [4.69, 9.17) is 0 Å². The van der Waals surface area contributed by atoms with E-state index in [-0.39, 0.29) is 0 Å². The van der Waals surface area contributed by atoms with Crippen LogP contribution in [0.25, 0.3) is 0 Å². The number of fused-ring (bicyclic) bond motifs is 2. The molecule has 0 radical (unpaired) electrons. The Morgan fingerprint density at radius 2 is 1.75 bits per heavy atom. The summed E-state index contributed by atoms with van der Waals surface area (Å²) in [5.74, 6) is 0.973. The first kappa shape index (κ1) is 8.55. The lowest BCUT2D eigenvalue weighted by Crippen LogP contribution is -2.42. The monoisotopic (exact) mass is 167 g/mol. The molecule has 0 aromatic rings. The van der Waals surface area contributed by atoms with E-state index < -0.39 is 0 Å². The molecular weight excluding hydrogens is 146 g/mol. The van der Waals surface area contributed by atoms with Crippen molar-refractivity contribution < 1.29 is 0 Å². The summed E-state index contributed by atoms with van der Waals surface area (Å²) in [6.07, 6.45) is 8.76. The van der Waals surface area contributed by atoms with Crippen molar-refractivity contribution in [3.8, 4) is 0 Å². The summed E-state index contributed by atoms with van der Waals surface area (Å²) in [5, 5.41) is 0. The van der Waals surface area contributed by atoms with Gasteiger partial charge in [0.1, 0.15) is 0 Å². The van der Waals surface area contributed by atoms with Crippen LogP contribution >= 0.6 is 0 Å². The minimum atomic E-state index is 0.918. The molecule has 2 rings (SSSR count). The second-order valence-corrected chi connectivity index (χ2v) is 4.82. The van der Waals surface area contributed by atoms with Gasteiger partial charge in [0.15, 0.2) is 0 Å². The SMILES string of the molecule is CC1CCC2CCCC(C1)N2C. The predicted molar refractivity (Wildman–Crippen MR) is 52.2 cm³/mol. The van der Waals surface area contributed by atoms with Gasteiger partial charge in [-0.05, 0) is 45.1 Å². The highest BCUT2D eigenvalue weighted by Crippen LogP contribution is 2.33. The summed E-state index contributed by atoms with van der Waals surface area (Å²) >= 11 is 0. The van der Waals surface area contributed by atoms with Crippen LogP contribution in [0.5, 0.6) is 0 Å². The normalized spacial score (nSPS) is 44.0. The smallest absolute Gasteiger partial charge is 0.00976 e. The van der Waals surface area contributed by atoms with Crippen molar-refractivity contribution in [3.63, 3.8) is 0 Å². The van der Waals surface area contributed by atoms with Gasteiger partial charge in [0.05, 0.1) is 0 Å². The predicted octanol–water partition coefficient (Wildman–Crippen LogP) is 2.66. The fourth-order valence-corrected chi connectivity index (χ4v) is 2.99. The van der Waals surface area contributed by atoms with Gasteiger partial charge in [-0.15, -0.1) is 0 Å². The number of hydrogen-bond acceptors (Lipinski definition) is 1. The summed E-state index contributed by atoms with van der Waals surface area (Å²) in [4.78, 5) is 2.66. The molecule has 2 heterocycles. The van der Waals surface area contributed by atoms with E-state index in [0.29, 0.717) is 0 Å². The van der Waals surface area contributed by atoms with E-state index in [1.54, 1.807) is 0 Å². The molecule has 3 atom stereocenters. The summed E-state index contributed by atoms with van der Waals surface area (Å²) < 4.78 is 0. The molecule has 70 valence electrons. The van der Waals surface area contributed by atoms with Crippen LogP contribution in [0.1, 0.15) is 45.4 Å². The molecular formula is C11H21N. The van der Waals surface area contributed by atoms with Gasteiger partial charge in [0, 0.05) is 12.1 Å².